The second kappa shape index (κ2) is 8.60. The highest BCUT2D eigenvalue weighted by Gasteiger charge is 2.17. The van der Waals surface area contributed by atoms with E-state index >= 15 is 0 Å². The van der Waals surface area contributed by atoms with Gasteiger partial charge in [0.05, 0.1) is 11.4 Å². The molecule has 29 heavy (non-hydrogen) atoms. The molecule has 0 saturated heterocycles. The fraction of sp³-hybridized carbons (Fsp3) is 0.160. The van der Waals surface area contributed by atoms with Crippen LogP contribution in [0.3, 0.4) is 0 Å². The van der Waals surface area contributed by atoms with Crippen LogP contribution in [0.1, 0.15) is 23.9 Å². The van der Waals surface area contributed by atoms with Gasteiger partial charge in [-0.1, -0.05) is 30.3 Å². The smallest absolute Gasteiger partial charge is 0.0720 e. The van der Waals surface area contributed by atoms with Crippen molar-refractivity contribution in [2.75, 3.05) is 6.54 Å². The van der Waals surface area contributed by atoms with Crippen LogP contribution in [-0.2, 0) is 7.05 Å². The largest absolute Gasteiger partial charge is 0.351 e. The van der Waals surface area contributed by atoms with Gasteiger partial charge in [-0.3, -0.25) is 0 Å². The Kier molecular flexibility index (Phi) is 5.74. The Labute approximate surface area is 176 Å². The minimum atomic E-state index is 0.607. The van der Waals surface area contributed by atoms with Crippen LogP contribution in [0.2, 0.25) is 0 Å². The molecule has 0 saturated carbocycles. The zero-order chi connectivity index (χ0) is 20.2. The van der Waals surface area contributed by atoms with E-state index in [0.717, 1.165) is 17.8 Å². The van der Waals surface area contributed by atoms with Gasteiger partial charge >= 0.3 is 0 Å². The standard InChI is InChI=1S/C25H25N3S/c1-18-17-20(27-25(18)22(14-15-26)23-9-6-16-28(23)2)10-11-21-12-13-24(29-21)19-7-4-3-5-8-19/h3-13,16-17H,14-15,26H2,1-2H3/b11-10+,25-22-. The summed E-state index contributed by atoms with van der Waals surface area (Å²) in [6.07, 6.45) is 9.27. The molecule has 2 N–H and O–H groups in total. The summed E-state index contributed by atoms with van der Waals surface area (Å²) in [6, 6.07) is 19.0. The van der Waals surface area contributed by atoms with Gasteiger partial charge in [0.2, 0.25) is 0 Å². The van der Waals surface area contributed by atoms with Crippen molar-refractivity contribution in [3.8, 4) is 10.4 Å². The first kappa shape index (κ1) is 19.4. The number of nitrogens with zero attached hydrogens (tertiary/aromatic N) is 2. The molecule has 3 nitrogen and oxygen atoms in total. The van der Waals surface area contributed by atoms with Gasteiger partial charge in [0.15, 0.2) is 0 Å². The second-order valence-corrected chi connectivity index (χ2v) is 8.25. The van der Waals surface area contributed by atoms with Gasteiger partial charge in [0.1, 0.15) is 0 Å². The van der Waals surface area contributed by atoms with E-state index in [4.69, 9.17) is 10.7 Å². The summed E-state index contributed by atoms with van der Waals surface area (Å²) in [5.41, 5.74) is 12.8. The first-order valence-corrected chi connectivity index (χ1v) is 10.6. The number of benzene rings is 1. The zero-order valence-corrected chi connectivity index (χ0v) is 17.6. The Morgan fingerprint density at radius 3 is 2.62 bits per heavy atom. The molecule has 1 aliphatic heterocycles. The van der Waals surface area contributed by atoms with Gasteiger partial charge in [-0.2, -0.15) is 0 Å². The molecule has 0 aliphatic carbocycles. The fourth-order valence-electron chi connectivity index (χ4n) is 3.58. The van der Waals surface area contributed by atoms with Crippen molar-refractivity contribution in [2.45, 2.75) is 13.3 Å². The van der Waals surface area contributed by atoms with E-state index in [0.29, 0.717) is 6.54 Å². The van der Waals surface area contributed by atoms with Crippen LogP contribution in [0, 0.1) is 0 Å². The lowest BCUT2D eigenvalue weighted by Crippen LogP contribution is -2.05. The van der Waals surface area contributed by atoms with Gasteiger partial charge in [0.25, 0.3) is 0 Å². The van der Waals surface area contributed by atoms with Gasteiger partial charge in [-0.15, -0.1) is 11.3 Å². The van der Waals surface area contributed by atoms with Crippen molar-refractivity contribution in [3.05, 3.63) is 94.8 Å². The molecule has 0 bridgehead atoms. The molecule has 0 fully saturated rings. The molecule has 3 heterocycles. The Hall–Kier alpha value is -2.95. The molecule has 146 valence electrons. The predicted molar refractivity (Wildman–Crippen MR) is 126 cm³/mol. The summed E-state index contributed by atoms with van der Waals surface area (Å²) in [6.45, 7) is 2.73. The van der Waals surface area contributed by atoms with E-state index in [1.165, 1.54) is 32.2 Å². The summed E-state index contributed by atoms with van der Waals surface area (Å²) in [5.74, 6) is 0. The Bertz CT molecular complexity index is 1120. The highest BCUT2D eigenvalue weighted by Crippen LogP contribution is 2.32. The van der Waals surface area contributed by atoms with Crippen LogP contribution in [0.5, 0.6) is 0 Å². The molecular weight excluding hydrogens is 374 g/mol. The number of aromatic nitrogens is 1. The quantitative estimate of drug-likeness (QED) is 0.549. The van der Waals surface area contributed by atoms with Gasteiger partial charge in [0, 0.05) is 34.3 Å². The first-order valence-electron chi connectivity index (χ1n) is 9.81. The van der Waals surface area contributed by atoms with Crippen LogP contribution in [-0.4, -0.2) is 16.8 Å². The van der Waals surface area contributed by atoms with Crippen LogP contribution >= 0.6 is 11.3 Å². The minimum Gasteiger partial charge on any atom is -0.351 e. The Balaban J connectivity index is 1.60. The van der Waals surface area contributed by atoms with Crippen molar-refractivity contribution in [2.24, 2.45) is 17.8 Å². The summed E-state index contributed by atoms with van der Waals surface area (Å²) in [5, 5.41) is 0. The average molecular weight is 400 g/mol. The van der Waals surface area contributed by atoms with Crippen molar-refractivity contribution in [1.29, 1.82) is 0 Å². The van der Waals surface area contributed by atoms with Gasteiger partial charge < -0.3 is 10.3 Å². The SMILES string of the molecule is CC1=CC(/C=C/c2ccc(-c3ccccc3)s2)=NC/1=C(/CCN)c1cccn1C. The molecule has 4 rings (SSSR count). The van der Waals surface area contributed by atoms with Crippen LogP contribution in [0.4, 0.5) is 0 Å². The topological polar surface area (TPSA) is 43.3 Å². The molecule has 4 heteroatoms. The summed E-state index contributed by atoms with van der Waals surface area (Å²) >= 11 is 1.79. The predicted octanol–water partition coefficient (Wildman–Crippen LogP) is 5.93. The summed E-state index contributed by atoms with van der Waals surface area (Å²) < 4.78 is 2.13. The van der Waals surface area contributed by atoms with Crippen LogP contribution in [0.15, 0.2) is 89.2 Å². The Morgan fingerprint density at radius 2 is 1.90 bits per heavy atom. The molecule has 0 amide bonds. The third-order valence-corrected chi connectivity index (χ3v) is 6.11. The lowest BCUT2D eigenvalue weighted by atomic mass is 10.0. The fourth-order valence-corrected chi connectivity index (χ4v) is 4.50. The minimum absolute atomic E-state index is 0.607. The Morgan fingerprint density at radius 1 is 1.07 bits per heavy atom. The van der Waals surface area contributed by atoms with Crippen LogP contribution < -0.4 is 5.73 Å². The third-order valence-electron chi connectivity index (χ3n) is 5.02. The number of aliphatic imine (C=N–C) groups is 1. The highest BCUT2D eigenvalue weighted by molar-refractivity contribution is 7.16. The number of hydrogen-bond acceptors (Lipinski definition) is 3. The number of hydrogen-bond donors (Lipinski definition) is 1. The average Bonchev–Trinajstić information content (AvgIpc) is 3.46. The summed E-state index contributed by atoms with van der Waals surface area (Å²) in [4.78, 5) is 7.42. The maximum absolute atomic E-state index is 5.89. The first-order chi connectivity index (χ1) is 14.2. The van der Waals surface area contributed by atoms with Crippen molar-refractivity contribution < 1.29 is 0 Å². The van der Waals surface area contributed by atoms with E-state index in [9.17, 15) is 0 Å². The van der Waals surface area contributed by atoms with E-state index in [1.807, 2.05) is 6.07 Å². The number of aryl methyl sites for hydroxylation is 1. The maximum atomic E-state index is 5.89. The number of allylic oxidation sites excluding steroid dienone is 3. The van der Waals surface area contributed by atoms with Gasteiger partial charge in [-0.05, 0) is 73.5 Å². The number of thiophene rings is 1. The van der Waals surface area contributed by atoms with Crippen molar-refractivity contribution in [1.82, 2.24) is 4.57 Å². The zero-order valence-electron chi connectivity index (χ0n) is 16.8. The van der Waals surface area contributed by atoms with Crippen molar-refractivity contribution >= 4 is 28.7 Å². The van der Waals surface area contributed by atoms with Crippen LogP contribution in [0.25, 0.3) is 22.1 Å². The molecular formula is C25H25N3S. The maximum Gasteiger partial charge on any atom is 0.0720 e. The molecule has 0 radical (unpaired) electrons. The normalized spacial score (nSPS) is 15.7. The van der Waals surface area contributed by atoms with Gasteiger partial charge in [-0.25, -0.2) is 4.99 Å². The lowest BCUT2D eigenvalue weighted by molar-refractivity contribution is 0.888. The summed E-state index contributed by atoms with van der Waals surface area (Å²) in [7, 11) is 2.06. The number of nitrogens with two attached hydrogens (primary N) is 1. The molecule has 3 aromatic rings. The van der Waals surface area contributed by atoms with E-state index < -0.39 is 0 Å². The molecule has 1 aliphatic rings. The number of rotatable bonds is 6. The van der Waals surface area contributed by atoms with E-state index in [2.05, 4.69) is 91.5 Å². The molecule has 1 aromatic carbocycles. The monoisotopic (exact) mass is 399 g/mol. The molecule has 0 spiro atoms. The highest BCUT2D eigenvalue weighted by atomic mass is 32.1. The van der Waals surface area contributed by atoms with Crippen molar-refractivity contribution in [3.63, 3.8) is 0 Å². The lowest BCUT2D eigenvalue weighted by Gasteiger charge is -2.11. The third kappa shape index (κ3) is 4.24. The van der Waals surface area contributed by atoms with E-state index in [-0.39, 0.29) is 0 Å². The molecule has 0 atom stereocenters. The second-order valence-electron chi connectivity index (χ2n) is 7.14. The van der Waals surface area contributed by atoms with E-state index in [1.54, 1.807) is 11.3 Å². The molecule has 2 aromatic heterocycles. The molecule has 0 unspecified atom stereocenters.